The lowest BCUT2D eigenvalue weighted by molar-refractivity contribution is 0.0686. The second kappa shape index (κ2) is 5.87. The summed E-state index contributed by atoms with van der Waals surface area (Å²) in [4.78, 5) is 19.3. The Kier molecular flexibility index (Phi) is 4.16. The molecule has 1 aromatic heterocycles. The molecule has 0 amide bonds. The highest BCUT2D eigenvalue weighted by Crippen LogP contribution is 2.26. The van der Waals surface area contributed by atoms with E-state index in [0.717, 1.165) is 0 Å². The second-order valence-electron chi connectivity index (χ2n) is 4.91. The van der Waals surface area contributed by atoms with Crippen molar-refractivity contribution >= 4 is 5.97 Å². The molecule has 1 heterocycles. The number of carboxylic acid groups (broad SMARTS) is 1. The first-order valence-electron chi connectivity index (χ1n) is 6.42. The van der Waals surface area contributed by atoms with Crippen LogP contribution >= 0.6 is 0 Å². The van der Waals surface area contributed by atoms with Gasteiger partial charge >= 0.3 is 5.97 Å². The zero-order chi connectivity index (χ0) is 15.6. The molecule has 0 aliphatic heterocycles. The fourth-order valence-electron chi connectivity index (χ4n) is 1.65. The molecule has 5 nitrogen and oxygen atoms in total. The van der Waals surface area contributed by atoms with Crippen LogP contribution in [-0.4, -0.2) is 21.0 Å². The van der Waals surface area contributed by atoms with Gasteiger partial charge in [-0.3, -0.25) is 0 Å². The maximum Gasteiger partial charge on any atom is 0.358 e. The molecule has 0 saturated carbocycles. The Morgan fingerprint density at radius 2 is 2.10 bits per heavy atom. The van der Waals surface area contributed by atoms with Gasteiger partial charge in [-0.2, -0.15) is 0 Å². The van der Waals surface area contributed by atoms with E-state index in [1.165, 1.54) is 12.3 Å². The van der Waals surface area contributed by atoms with Crippen molar-refractivity contribution in [2.75, 3.05) is 0 Å². The number of halogens is 1. The molecule has 6 heteroatoms. The normalized spacial score (nSPS) is 10.7. The first-order chi connectivity index (χ1) is 9.88. The maximum absolute atomic E-state index is 13.5. The number of ether oxygens (including phenoxy) is 1. The SMILES string of the molecule is Cc1ccc(Oc2cnc(C(C)C)nc2C(=O)O)cc1F. The molecule has 1 aromatic carbocycles. The van der Waals surface area contributed by atoms with Crippen molar-refractivity contribution in [3.8, 4) is 11.5 Å². The predicted molar refractivity (Wildman–Crippen MR) is 74.3 cm³/mol. The van der Waals surface area contributed by atoms with Crippen molar-refractivity contribution in [1.29, 1.82) is 0 Å². The minimum Gasteiger partial charge on any atom is -0.476 e. The second-order valence-corrected chi connectivity index (χ2v) is 4.91. The Labute approximate surface area is 121 Å². The summed E-state index contributed by atoms with van der Waals surface area (Å²) in [6.45, 7) is 5.34. The van der Waals surface area contributed by atoms with Gasteiger partial charge in [0.1, 0.15) is 17.4 Å². The highest BCUT2D eigenvalue weighted by atomic mass is 19.1. The fourth-order valence-corrected chi connectivity index (χ4v) is 1.65. The average molecular weight is 290 g/mol. The van der Waals surface area contributed by atoms with Gasteiger partial charge in [-0.05, 0) is 18.6 Å². The number of carboxylic acids is 1. The third-order valence-electron chi connectivity index (χ3n) is 2.86. The number of aromatic nitrogens is 2. The third-order valence-corrected chi connectivity index (χ3v) is 2.86. The minimum absolute atomic E-state index is 0.00558. The summed E-state index contributed by atoms with van der Waals surface area (Å²) in [5.41, 5.74) is 0.238. The lowest BCUT2D eigenvalue weighted by atomic mass is 10.2. The molecule has 0 atom stereocenters. The highest BCUT2D eigenvalue weighted by Gasteiger charge is 2.17. The van der Waals surface area contributed by atoms with E-state index < -0.39 is 11.8 Å². The van der Waals surface area contributed by atoms with Gasteiger partial charge in [0, 0.05) is 12.0 Å². The molecule has 0 fully saturated rings. The number of benzene rings is 1. The van der Waals surface area contributed by atoms with E-state index in [1.807, 2.05) is 13.8 Å². The van der Waals surface area contributed by atoms with Gasteiger partial charge in [0.2, 0.25) is 0 Å². The standard InChI is InChI=1S/C15H15FN2O3/c1-8(2)14-17-7-12(13(18-14)15(19)20)21-10-5-4-9(3)11(16)6-10/h4-8H,1-3H3,(H,19,20). The summed E-state index contributed by atoms with van der Waals surface area (Å²) >= 11 is 0. The largest absolute Gasteiger partial charge is 0.476 e. The van der Waals surface area contributed by atoms with Gasteiger partial charge in [0.05, 0.1) is 6.20 Å². The minimum atomic E-state index is -1.22. The van der Waals surface area contributed by atoms with Crippen LogP contribution in [0.5, 0.6) is 11.5 Å². The van der Waals surface area contributed by atoms with Crippen LogP contribution in [-0.2, 0) is 0 Å². The molecule has 0 bridgehead atoms. The summed E-state index contributed by atoms with van der Waals surface area (Å²) in [7, 11) is 0. The summed E-state index contributed by atoms with van der Waals surface area (Å²) in [5, 5.41) is 9.20. The Morgan fingerprint density at radius 3 is 2.67 bits per heavy atom. The van der Waals surface area contributed by atoms with Gasteiger partial charge in [-0.1, -0.05) is 19.9 Å². The van der Waals surface area contributed by atoms with Crippen LogP contribution in [0.15, 0.2) is 24.4 Å². The van der Waals surface area contributed by atoms with Crippen LogP contribution in [0.1, 0.15) is 41.6 Å². The summed E-state index contributed by atoms with van der Waals surface area (Å²) < 4.78 is 18.9. The topological polar surface area (TPSA) is 72.3 Å². The molecule has 0 aliphatic carbocycles. The molecule has 2 aromatic rings. The Balaban J connectivity index is 2.39. The van der Waals surface area contributed by atoms with E-state index in [4.69, 9.17) is 4.74 Å². The molecule has 0 radical (unpaired) electrons. The van der Waals surface area contributed by atoms with E-state index in [0.29, 0.717) is 11.4 Å². The number of aryl methyl sites for hydroxylation is 1. The fraction of sp³-hybridized carbons (Fsp3) is 0.267. The number of aromatic carboxylic acids is 1. The van der Waals surface area contributed by atoms with Crippen LogP contribution in [0.25, 0.3) is 0 Å². The van der Waals surface area contributed by atoms with Crippen LogP contribution in [0, 0.1) is 12.7 Å². The van der Waals surface area contributed by atoms with Crippen molar-refractivity contribution < 1.29 is 19.0 Å². The number of hydrogen-bond donors (Lipinski definition) is 1. The first kappa shape index (κ1) is 14.9. The smallest absolute Gasteiger partial charge is 0.358 e. The van der Waals surface area contributed by atoms with Crippen molar-refractivity contribution in [1.82, 2.24) is 9.97 Å². The van der Waals surface area contributed by atoms with E-state index >= 15 is 0 Å². The number of rotatable bonds is 4. The molecule has 0 aliphatic rings. The van der Waals surface area contributed by atoms with Crippen LogP contribution < -0.4 is 4.74 Å². The van der Waals surface area contributed by atoms with Gasteiger partial charge in [-0.15, -0.1) is 0 Å². The Hall–Kier alpha value is -2.50. The number of carbonyl (C=O) groups is 1. The van der Waals surface area contributed by atoms with E-state index in [2.05, 4.69) is 9.97 Å². The number of nitrogens with zero attached hydrogens (tertiary/aromatic N) is 2. The molecule has 21 heavy (non-hydrogen) atoms. The molecular formula is C15H15FN2O3. The van der Waals surface area contributed by atoms with Crippen molar-refractivity contribution in [2.24, 2.45) is 0 Å². The summed E-state index contributed by atoms with van der Waals surface area (Å²) in [5.74, 6) is -1.06. The molecule has 0 spiro atoms. The van der Waals surface area contributed by atoms with Crippen molar-refractivity contribution in [3.63, 3.8) is 0 Å². The van der Waals surface area contributed by atoms with E-state index in [1.54, 1.807) is 19.1 Å². The molecule has 0 saturated heterocycles. The van der Waals surface area contributed by atoms with E-state index in [9.17, 15) is 14.3 Å². The van der Waals surface area contributed by atoms with Gasteiger partial charge in [-0.25, -0.2) is 19.2 Å². The Morgan fingerprint density at radius 1 is 1.38 bits per heavy atom. The predicted octanol–water partition coefficient (Wildman–Crippen LogP) is 3.54. The zero-order valence-electron chi connectivity index (χ0n) is 11.9. The molecule has 1 N–H and O–H groups in total. The summed E-state index contributed by atoms with van der Waals surface area (Å²) in [6.07, 6.45) is 1.30. The molecular weight excluding hydrogens is 275 g/mol. The zero-order valence-corrected chi connectivity index (χ0v) is 11.9. The van der Waals surface area contributed by atoms with Crippen molar-refractivity contribution in [3.05, 3.63) is 47.3 Å². The average Bonchev–Trinajstić information content (AvgIpc) is 2.43. The van der Waals surface area contributed by atoms with Crippen molar-refractivity contribution in [2.45, 2.75) is 26.7 Å². The van der Waals surface area contributed by atoms with Gasteiger partial charge in [0.15, 0.2) is 11.4 Å². The van der Waals surface area contributed by atoms with Crippen LogP contribution in [0.4, 0.5) is 4.39 Å². The van der Waals surface area contributed by atoms with E-state index in [-0.39, 0.29) is 23.1 Å². The highest BCUT2D eigenvalue weighted by molar-refractivity contribution is 5.88. The molecule has 110 valence electrons. The van der Waals surface area contributed by atoms with Crippen LogP contribution in [0.3, 0.4) is 0 Å². The number of hydrogen-bond acceptors (Lipinski definition) is 4. The molecule has 2 rings (SSSR count). The first-order valence-corrected chi connectivity index (χ1v) is 6.42. The van der Waals surface area contributed by atoms with Gasteiger partial charge < -0.3 is 9.84 Å². The monoisotopic (exact) mass is 290 g/mol. The Bertz CT molecular complexity index is 687. The lowest BCUT2D eigenvalue weighted by Crippen LogP contribution is -2.08. The quantitative estimate of drug-likeness (QED) is 0.932. The summed E-state index contributed by atoms with van der Waals surface area (Å²) in [6, 6.07) is 4.30. The maximum atomic E-state index is 13.5. The lowest BCUT2D eigenvalue weighted by Gasteiger charge is -2.10. The van der Waals surface area contributed by atoms with Crippen LogP contribution in [0.2, 0.25) is 0 Å². The molecule has 0 unspecified atom stereocenters. The van der Waals surface area contributed by atoms with Gasteiger partial charge in [0.25, 0.3) is 0 Å². The third kappa shape index (κ3) is 3.34.